The smallest absolute Gasteiger partial charge is 0.258 e. The number of anilines is 2. The number of hydrogen-bond acceptors (Lipinski definition) is 2. The molecule has 0 aliphatic carbocycles. The van der Waals surface area contributed by atoms with Crippen LogP contribution in [0.3, 0.4) is 0 Å². The summed E-state index contributed by atoms with van der Waals surface area (Å²) in [7, 11) is 0. The van der Waals surface area contributed by atoms with Gasteiger partial charge in [0.2, 0.25) is 0 Å². The predicted octanol–water partition coefficient (Wildman–Crippen LogP) is 4.04. The molecule has 2 aromatic carbocycles. The van der Waals surface area contributed by atoms with E-state index in [1.807, 2.05) is 13.0 Å². The van der Waals surface area contributed by atoms with Crippen LogP contribution in [0.5, 0.6) is 0 Å². The number of aryl methyl sites for hydroxylation is 2. The molecule has 3 nitrogen and oxygen atoms in total. The summed E-state index contributed by atoms with van der Waals surface area (Å²) in [6.45, 7) is 3.48. The van der Waals surface area contributed by atoms with Crippen LogP contribution >= 0.6 is 15.9 Å². The molecule has 0 aliphatic rings. The average molecular weight is 337 g/mol. The Labute approximate surface area is 125 Å². The molecule has 0 bridgehead atoms. The summed E-state index contributed by atoms with van der Waals surface area (Å²) in [6.07, 6.45) is 0. The monoisotopic (exact) mass is 336 g/mol. The van der Waals surface area contributed by atoms with Crippen LogP contribution < -0.4 is 11.1 Å². The van der Waals surface area contributed by atoms with Crippen LogP contribution in [0.15, 0.2) is 34.8 Å². The van der Waals surface area contributed by atoms with E-state index in [1.165, 1.54) is 12.1 Å². The third kappa shape index (κ3) is 2.99. The van der Waals surface area contributed by atoms with E-state index in [9.17, 15) is 9.18 Å². The van der Waals surface area contributed by atoms with Gasteiger partial charge in [0.25, 0.3) is 5.91 Å². The first-order valence-electron chi connectivity index (χ1n) is 6.01. The highest BCUT2D eigenvalue weighted by Gasteiger charge is 2.15. The van der Waals surface area contributed by atoms with Gasteiger partial charge in [-0.2, -0.15) is 0 Å². The van der Waals surface area contributed by atoms with E-state index in [1.54, 1.807) is 19.1 Å². The number of benzene rings is 2. The molecule has 0 aliphatic heterocycles. The van der Waals surface area contributed by atoms with Gasteiger partial charge in [-0.15, -0.1) is 0 Å². The van der Waals surface area contributed by atoms with Crippen LogP contribution in [0, 0.1) is 19.7 Å². The summed E-state index contributed by atoms with van der Waals surface area (Å²) in [5, 5.41) is 2.67. The van der Waals surface area contributed by atoms with Crippen LogP contribution in [-0.2, 0) is 0 Å². The zero-order valence-corrected chi connectivity index (χ0v) is 12.7. The van der Waals surface area contributed by atoms with Gasteiger partial charge in [-0.1, -0.05) is 15.9 Å². The normalized spacial score (nSPS) is 10.4. The van der Waals surface area contributed by atoms with Gasteiger partial charge in [0.1, 0.15) is 5.82 Å². The highest BCUT2D eigenvalue weighted by molar-refractivity contribution is 9.10. The molecule has 104 valence electrons. The van der Waals surface area contributed by atoms with Gasteiger partial charge >= 0.3 is 0 Å². The van der Waals surface area contributed by atoms with Crippen molar-refractivity contribution in [2.75, 3.05) is 11.1 Å². The average Bonchev–Trinajstić information content (AvgIpc) is 2.38. The Morgan fingerprint density at radius 3 is 2.55 bits per heavy atom. The lowest BCUT2D eigenvalue weighted by atomic mass is 10.1. The fraction of sp³-hybridized carbons (Fsp3) is 0.133. The van der Waals surface area contributed by atoms with E-state index in [4.69, 9.17) is 5.73 Å². The summed E-state index contributed by atoms with van der Waals surface area (Å²) in [4.78, 5) is 12.1. The number of carbonyl (C=O) groups is 1. The number of nitrogens with two attached hydrogens (primary N) is 1. The van der Waals surface area contributed by atoms with Crippen LogP contribution in [0.4, 0.5) is 15.8 Å². The van der Waals surface area contributed by atoms with Gasteiger partial charge in [-0.3, -0.25) is 4.79 Å². The molecule has 5 heteroatoms. The molecule has 2 rings (SSSR count). The van der Waals surface area contributed by atoms with Crippen LogP contribution in [-0.4, -0.2) is 5.91 Å². The quantitative estimate of drug-likeness (QED) is 0.813. The second kappa shape index (κ2) is 5.63. The molecule has 2 aromatic rings. The van der Waals surface area contributed by atoms with Crippen LogP contribution in [0.1, 0.15) is 21.5 Å². The van der Waals surface area contributed by atoms with Gasteiger partial charge in [0.15, 0.2) is 0 Å². The molecule has 0 atom stereocenters. The molecule has 20 heavy (non-hydrogen) atoms. The van der Waals surface area contributed by atoms with Gasteiger partial charge in [-0.05, 0) is 55.3 Å². The molecule has 0 saturated heterocycles. The van der Waals surface area contributed by atoms with Crippen LogP contribution in [0.25, 0.3) is 0 Å². The van der Waals surface area contributed by atoms with Gasteiger partial charge in [-0.25, -0.2) is 4.39 Å². The Hall–Kier alpha value is -1.88. The number of halogens is 2. The molecule has 0 unspecified atom stereocenters. The summed E-state index contributed by atoms with van der Waals surface area (Å²) in [5.41, 5.74) is 7.89. The number of hydrogen-bond donors (Lipinski definition) is 2. The molecule has 0 radical (unpaired) electrons. The third-order valence-corrected chi connectivity index (χ3v) is 3.83. The molecule has 0 saturated carbocycles. The first-order valence-corrected chi connectivity index (χ1v) is 6.81. The minimum atomic E-state index is -0.550. The first kappa shape index (κ1) is 14.5. The maximum Gasteiger partial charge on any atom is 0.258 e. The minimum absolute atomic E-state index is 0.0527. The Kier molecular flexibility index (Phi) is 4.09. The summed E-state index contributed by atoms with van der Waals surface area (Å²) < 4.78 is 14.9. The molecular weight excluding hydrogens is 323 g/mol. The number of amides is 1. The van der Waals surface area contributed by atoms with E-state index in [2.05, 4.69) is 21.2 Å². The van der Waals surface area contributed by atoms with Gasteiger partial charge in [0.05, 0.1) is 5.56 Å². The predicted molar refractivity (Wildman–Crippen MR) is 82.4 cm³/mol. The SMILES string of the molecule is Cc1cc(NC(=O)c2cc(N)cc(C)c2F)ccc1Br. The standard InChI is InChI=1S/C15H14BrFN2O/c1-8-6-11(3-4-13(8)16)19-15(20)12-7-10(18)5-9(2)14(12)17/h3-7H,18H2,1-2H3,(H,19,20). The lowest BCUT2D eigenvalue weighted by Crippen LogP contribution is -2.15. The van der Waals surface area contributed by atoms with Crippen molar-refractivity contribution in [1.82, 2.24) is 0 Å². The maximum atomic E-state index is 14.0. The van der Waals surface area contributed by atoms with Crippen molar-refractivity contribution in [1.29, 1.82) is 0 Å². The summed E-state index contributed by atoms with van der Waals surface area (Å²) in [6, 6.07) is 8.20. The zero-order chi connectivity index (χ0) is 14.9. The Balaban J connectivity index is 2.30. The minimum Gasteiger partial charge on any atom is -0.399 e. The Bertz CT molecular complexity index is 686. The molecule has 3 N–H and O–H groups in total. The number of carbonyl (C=O) groups excluding carboxylic acids is 1. The fourth-order valence-corrected chi connectivity index (χ4v) is 2.13. The zero-order valence-electron chi connectivity index (χ0n) is 11.1. The van der Waals surface area contributed by atoms with Gasteiger partial charge < -0.3 is 11.1 Å². The van der Waals surface area contributed by atoms with Crippen molar-refractivity contribution in [2.24, 2.45) is 0 Å². The van der Waals surface area contributed by atoms with Gasteiger partial charge in [0, 0.05) is 15.8 Å². The van der Waals surface area contributed by atoms with Crippen molar-refractivity contribution in [2.45, 2.75) is 13.8 Å². The number of nitrogens with one attached hydrogen (secondary N) is 1. The lowest BCUT2D eigenvalue weighted by Gasteiger charge is -2.10. The largest absolute Gasteiger partial charge is 0.399 e. The lowest BCUT2D eigenvalue weighted by molar-refractivity contribution is 0.102. The molecule has 0 aromatic heterocycles. The molecule has 0 heterocycles. The summed E-state index contributed by atoms with van der Waals surface area (Å²) >= 11 is 3.38. The van der Waals surface area contributed by atoms with Crippen molar-refractivity contribution >= 4 is 33.2 Å². The van der Waals surface area contributed by atoms with E-state index in [0.717, 1.165) is 10.0 Å². The van der Waals surface area contributed by atoms with Crippen molar-refractivity contribution in [3.05, 3.63) is 57.3 Å². The Morgan fingerprint density at radius 2 is 1.90 bits per heavy atom. The number of rotatable bonds is 2. The van der Waals surface area contributed by atoms with E-state index < -0.39 is 11.7 Å². The second-order valence-corrected chi connectivity index (χ2v) is 5.47. The van der Waals surface area contributed by atoms with Crippen molar-refractivity contribution in [3.63, 3.8) is 0 Å². The fourth-order valence-electron chi connectivity index (χ4n) is 1.88. The maximum absolute atomic E-state index is 14.0. The molecule has 1 amide bonds. The van der Waals surface area contributed by atoms with Crippen molar-refractivity contribution in [3.8, 4) is 0 Å². The topological polar surface area (TPSA) is 55.1 Å². The molecule has 0 spiro atoms. The highest BCUT2D eigenvalue weighted by Crippen LogP contribution is 2.22. The first-order chi connectivity index (χ1) is 9.38. The number of nitrogen functional groups attached to an aromatic ring is 1. The van der Waals surface area contributed by atoms with E-state index in [0.29, 0.717) is 16.9 Å². The van der Waals surface area contributed by atoms with Crippen LogP contribution in [0.2, 0.25) is 0 Å². The summed E-state index contributed by atoms with van der Waals surface area (Å²) in [5.74, 6) is -1.06. The molecule has 0 fully saturated rings. The van der Waals surface area contributed by atoms with Crippen molar-refractivity contribution < 1.29 is 9.18 Å². The van der Waals surface area contributed by atoms with E-state index in [-0.39, 0.29) is 5.56 Å². The van der Waals surface area contributed by atoms with E-state index >= 15 is 0 Å². The Morgan fingerprint density at radius 1 is 1.20 bits per heavy atom. The highest BCUT2D eigenvalue weighted by atomic mass is 79.9. The molecular formula is C15H14BrFN2O. The third-order valence-electron chi connectivity index (χ3n) is 2.94. The second-order valence-electron chi connectivity index (χ2n) is 4.62.